The van der Waals surface area contributed by atoms with Gasteiger partial charge in [0.15, 0.2) is 0 Å². The lowest BCUT2D eigenvalue weighted by Crippen LogP contribution is -2.41. The molecule has 0 bridgehead atoms. The van der Waals surface area contributed by atoms with Crippen molar-refractivity contribution in [2.75, 3.05) is 18.4 Å². The fraction of sp³-hybridized carbons (Fsp3) is 0.286. The molecule has 0 unspecified atom stereocenters. The van der Waals surface area contributed by atoms with Crippen LogP contribution in [0.2, 0.25) is 0 Å². The molecule has 1 aliphatic rings. The first kappa shape index (κ1) is 21.0. The van der Waals surface area contributed by atoms with Gasteiger partial charge in [-0.1, -0.05) is 12.1 Å². The standard InChI is InChI=1S/C21H22N4O5/c1-21(2,3)23-18(26)16-9-8-13(25(29)30)12-17(16)22-10-11-24-19(27)14-6-4-5-7-15(14)20(24)28/h4-9,12,22H,10-11H2,1-3H3,(H,23,26). The Morgan fingerprint density at radius 1 is 1.07 bits per heavy atom. The van der Waals surface area contributed by atoms with Gasteiger partial charge in [0.1, 0.15) is 0 Å². The molecule has 9 heteroatoms. The zero-order chi connectivity index (χ0) is 22.1. The van der Waals surface area contributed by atoms with E-state index in [-0.39, 0.29) is 47.7 Å². The molecule has 9 nitrogen and oxygen atoms in total. The quantitative estimate of drug-likeness (QED) is 0.429. The number of fused-ring (bicyclic) bond motifs is 1. The van der Waals surface area contributed by atoms with Crippen LogP contribution in [-0.2, 0) is 0 Å². The topological polar surface area (TPSA) is 122 Å². The predicted molar refractivity (Wildman–Crippen MR) is 111 cm³/mol. The fourth-order valence-electron chi connectivity index (χ4n) is 3.14. The van der Waals surface area contributed by atoms with Crippen LogP contribution in [0.1, 0.15) is 51.8 Å². The van der Waals surface area contributed by atoms with Crippen LogP contribution in [0.3, 0.4) is 0 Å². The fourth-order valence-corrected chi connectivity index (χ4v) is 3.14. The Bertz CT molecular complexity index is 1010. The van der Waals surface area contributed by atoms with Gasteiger partial charge in [-0.2, -0.15) is 0 Å². The van der Waals surface area contributed by atoms with E-state index < -0.39 is 10.5 Å². The minimum atomic E-state index is -0.555. The number of nitrogens with zero attached hydrogens (tertiary/aromatic N) is 2. The number of imide groups is 1. The number of nitro groups is 1. The molecule has 30 heavy (non-hydrogen) atoms. The first-order valence-electron chi connectivity index (χ1n) is 9.38. The molecule has 0 aromatic heterocycles. The van der Waals surface area contributed by atoms with Gasteiger partial charge in [-0.05, 0) is 39.0 Å². The van der Waals surface area contributed by atoms with Gasteiger partial charge in [-0.3, -0.25) is 29.4 Å². The maximum atomic E-state index is 12.6. The second-order valence-electron chi connectivity index (χ2n) is 7.93. The maximum absolute atomic E-state index is 12.6. The van der Waals surface area contributed by atoms with Crippen molar-refractivity contribution >= 4 is 29.1 Å². The van der Waals surface area contributed by atoms with Gasteiger partial charge in [0.2, 0.25) is 0 Å². The molecule has 0 saturated heterocycles. The van der Waals surface area contributed by atoms with Gasteiger partial charge in [0.05, 0.1) is 27.3 Å². The summed E-state index contributed by atoms with van der Waals surface area (Å²) in [6.45, 7) is 5.65. The van der Waals surface area contributed by atoms with Gasteiger partial charge in [-0.25, -0.2) is 0 Å². The highest BCUT2D eigenvalue weighted by atomic mass is 16.6. The molecule has 0 aliphatic carbocycles. The molecule has 0 saturated carbocycles. The van der Waals surface area contributed by atoms with Gasteiger partial charge < -0.3 is 10.6 Å². The lowest BCUT2D eigenvalue weighted by atomic mass is 10.1. The van der Waals surface area contributed by atoms with Crippen LogP contribution in [0.15, 0.2) is 42.5 Å². The van der Waals surface area contributed by atoms with Crippen molar-refractivity contribution in [2.45, 2.75) is 26.3 Å². The molecule has 156 valence electrons. The number of non-ortho nitro benzene ring substituents is 1. The molecule has 0 spiro atoms. The van der Waals surface area contributed by atoms with Gasteiger partial charge in [0.25, 0.3) is 23.4 Å². The monoisotopic (exact) mass is 410 g/mol. The van der Waals surface area contributed by atoms with Crippen molar-refractivity contribution in [3.63, 3.8) is 0 Å². The number of carbonyl (C=O) groups is 3. The van der Waals surface area contributed by atoms with E-state index in [1.54, 1.807) is 24.3 Å². The molecular weight excluding hydrogens is 388 g/mol. The Hall–Kier alpha value is -3.75. The van der Waals surface area contributed by atoms with E-state index >= 15 is 0 Å². The van der Waals surface area contributed by atoms with Crippen molar-refractivity contribution in [3.8, 4) is 0 Å². The Balaban J connectivity index is 1.76. The summed E-state index contributed by atoms with van der Waals surface area (Å²) in [5, 5.41) is 16.9. The second-order valence-corrected chi connectivity index (χ2v) is 7.93. The van der Waals surface area contributed by atoms with Crippen molar-refractivity contribution < 1.29 is 19.3 Å². The number of hydrogen-bond acceptors (Lipinski definition) is 6. The Morgan fingerprint density at radius 2 is 1.67 bits per heavy atom. The highest BCUT2D eigenvalue weighted by molar-refractivity contribution is 6.21. The molecule has 0 atom stereocenters. The van der Waals surface area contributed by atoms with Crippen LogP contribution >= 0.6 is 0 Å². The lowest BCUT2D eigenvalue weighted by molar-refractivity contribution is -0.384. The number of benzene rings is 2. The molecule has 1 aliphatic heterocycles. The smallest absolute Gasteiger partial charge is 0.271 e. The Kier molecular flexibility index (Phi) is 5.55. The van der Waals surface area contributed by atoms with E-state index in [0.29, 0.717) is 11.1 Å². The van der Waals surface area contributed by atoms with Crippen LogP contribution in [-0.4, -0.2) is 46.2 Å². The highest BCUT2D eigenvalue weighted by Crippen LogP contribution is 2.25. The number of anilines is 1. The molecule has 3 amide bonds. The Labute approximate surface area is 173 Å². The summed E-state index contributed by atoms with van der Waals surface area (Å²) in [4.78, 5) is 49.2. The van der Waals surface area contributed by atoms with Crippen LogP contribution in [0.25, 0.3) is 0 Å². The summed E-state index contributed by atoms with van der Waals surface area (Å²) in [6, 6.07) is 10.5. The highest BCUT2D eigenvalue weighted by Gasteiger charge is 2.34. The van der Waals surface area contributed by atoms with Crippen LogP contribution in [0.4, 0.5) is 11.4 Å². The third-order valence-electron chi connectivity index (χ3n) is 4.48. The van der Waals surface area contributed by atoms with E-state index in [4.69, 9.17) is 0 Å². The largest absolute Gasteiger partial charge is 0.382 e. The summed E-state index contributed by atoms with van der Waals surface area (Å²) < 4.78 is 0. The third-order valence-corrected chi connectivity index (χ3v) is 4.48. The van der Waals surface area contributed by atoms with Crippen molar-refractivity contribution in [3.05, 3.63) is 69.3 Å². The van der Waals surface area contributed by atoms with Crippen molar-refractivity contribution in [1.82, 2.24) is 10.2 Å². The molecule has 0 fully saturated rings. The third kappa shape index (κ3) is 4.29. The molecule has 0 radical (unpaired) electrons. The number of hydrogen-bond donors (Lipinski definition) is 2. The molecule has 2 aromatic rings. The minimum Gasteiger partial charge on any atom is -0.382 e. The van der Waals surface area contributed by atoms with E-state index in [9.17, 15) is 24.5 Å². The predicted octanol–water partition coefficient (Wildman–Crippen LogP) is 2.83. The van der Waals surface area contributed by atoms with Gasteiger partial charge >= 0.3 is 0 Å². The SMILES string of the molecule is CC(C)(C)NC(=O)c1ccc([N+](=O)[O-])cc1NCCN1C(=O)c2ccccc2C1=O. The average molecular weight is 410 g/mol. The number of carbonyl (C=O) groups excluding carboxylic acids is 3. The van der Waals surface area contributed by atoms with Crippen LogP contribution in [0, 0.1) is 10.1 Å². The molecule has 2 N–H and O–H groups in total. The normalized spacial score (nSPS) is 13.2. The summed E-state index contributed by atoms with van der Waals surface area (Å²) in [7, 11) is 0. The van der Waals surface area contributed by atoms with Crippen LogP contribution < -0.4 is 10.6 Å². The number of rotatable bonds is 6. The first-order valence-corrected chi connectivity index (χ1v) is 9.38. The van der Waals surface area contributed by atoms with E-state index in [0.717, 1.165) is 4.90 Å². The number of nitrogens with one attached hydrogen (secondary N) is 2. The summed E-state index contributed by atoms with van der Waals surface area (Å²) in [6.07, 6.45) is 0. The zero-order valence-corrected chi connectivity index (χ0v) is 16.9. The van der Waals surface area contributed by atoms with E-state index in [2.05, 4.69) is 10.6 Å². The van der Waals surface area contributed by atoms with E-state index in [1.807, 2.05) is 20.8 Å². The lowest BCUT2D eigenvalue weighted by Gasteiger charge is -2.22. The number of amides is 3. The summed E-state index contributed by atoms with van der Waals surface area (Å²) in [5.74, 6) is -1.16. The molecular formula is C21H22N4O5. The maximum Gasteiger partial charge on any atom is 0.271 e. The van der Waals surface area contributed by atoms with E-state index in [1.165, 1.54) is 18.2 Å². The molecule has 2 aromatic carbocycles. The Morgan fingerprint density at radius 3 is 2.20 bits per heavy atom. The number of nitro benzene ring substituents is 1. The summed E-state index contributed by atoms with van der Waals surface area (Å²) in [5.41, 5.74) is 0.521. The molecule has 1 heterocycles. The van der Waals surface area contributed by atoms with Gasteiger partial charge in [0, 0.05) is 30.8 Å². The summed E-state index contributed by atoms with van der Waals surface area (Å²) >= 11 is 0. The average Bonchev–Trinajstić information content (AvgIpc) is 2.91. The zero-order valence-electron chi connectivity index (χ0n) is 16.9. The minimum absolute atomic E-state index is 0.0510. The van der Waals surface area contributed by atoms with Crippen LogP contribution in [0.5, 0.6) is 0 Å². The van der Waals surface area contributed by atoms with Crippen molar-refractivity contribution in [1.29, 1.82) is 0 Å². The second kappa shape index (κ2) is 7.94. The van der Waals surface area contributed by atoms with Gasteiger partial charge in [-0.15, -0.1) is 0 Å². The molecule has 3 rings (SSSR count). The first-order chi connectivity index (χ1) is 14.1. The van der Waals surface area contributed by atoms with Crippen molar-refractivity contribution in [2.24, 2.45) is 0 Å².